The highest BCUT2D eigenvalue weighted by Crippen LogP contribution is 2.67. The Labute approximate surface area is 399 Å². The number of halogens is 6. The molecule has 0 aromatic carbocycles. The van der Waals surface area contributed by atoms with Crippen LogP contribution in [-0.4, -0.2) is 28.0 Å². The third-order valence-corrected chi connectivity index (χ3v) is 19.3. The van der Waals surface area contributed by atoms with E-state index in [0.29, 0.717) is 32.4 Å². The smallest absolute Gasteiger partial charge is 0.380 e. The van der Waals surface area contributed by atoms with Gasteiger partial charge in [-0.3, -0.25) is 0 Å². The molecule has 6 aromatic rings. The molecule has 2 nitrogen and oxygen atoms in total. The molecule has 7 rings (SSSR count). The van der Waals surface area contributed by atoms with Gasteiger partial charge in [0.1, 0.15) is 0 Å². The molecule has 1 aliphatic carbocycles. The second-order valence-corrected chi connectivity index (χ2v) is 24.3. The molecule has 0 unspecified atom stereocenters. The molecule has 0 atom stereocenters. The van der Waals surface area contributed by atoms with Gasteiger partial charge in [-0.1, -0.05) is 95.6 Å². The van der Waals surface area contributed by atoms with E-state index in [1.54, 1.807) is 23.5 Å². The standard InChI is InChI=1S/C38H38F6OS5.C9H14OS.C3H8/c1-9-35(45,10-2)29-16-13-24(49-29)32-21(18-26(50-32)23-12-15-28(48-23)34(6,7)8)31-30(36(39,40)38(43,44)37(31,41)42)20-17-25(46-19-20)22-11-14-27(47-22)33(3,4)5;1-3-9(10,4-2)8-6-5-7-11-8;1-3-2/h11-19,45H,9-10H2,1-8H3;5-7,10H,3-4H2,1-2H3;3H2,1-2H3. The summed E-state index contributed by atoms with van der Waals surface area (Å²) < 4.78 is 95.5. The van der Waals surface area contributed by atoms with Crippen LogP contribution in [0.25, 0.3) is 40.4 Å². The Kier molecular flexibility index (Phi) is 16.0. The lowest BCUT2D eigenvalue weighted by molar-refractivity contribution is -0.254. The minimum absolute atomic E-state index is 0.170. The highest BCUT2D eigenvalue weighted by molar-refractivity contribution is 7.27. The van der Waals surface area contributed by atoms with Crippen LogP contribution in [0, 0.1) is 0 Å². The molecular formula is C50H60F6O2S6. The lowest BCUT2D eigenvalue weighted by atomic mass is 9.94. The van der Waals surface area contributed by atoms with Crippen molar-refractivity contribution in [3.05, 3.63) is 102 Å². The zero-order valence-corrected chi connectivity index (χ0v) is 43.5. The summed E-state index contributed by atoms with van der Waals surface area (Å²) in [6.07, 6.45) is 3.63. The Morgan fingerprint density at radius 2 is 0.953 bits per heavy atom. The Hall–Kier alpha value is -2.56. The molecule has 14 heteroatoms. The average molecular weight is 999 g/mol. The van der Waals surface area contributed by atoms with Crippen LogP contribution in [0.1, 0.15) is 146 Å². The van der Waals surface area contributed by atoms with E-state index in [4.69, 9.17) is 0 Å². The van der Waals surface area contributed by atoms with Gasteiger partial charge in [-0.15, -0.1) is 68.0 Å². The summed E-state index contributed by atoms with van der Waals surface area (Å²) in [7, 11) is 0. The van der Waals surface area contributed by atoms with Gasteiger partial charge in [-0.2, -0.15) is 26.3 Å². The van der Waals surface area contributed by atoms with Gasteiger partial charge >= 0.3 is 17.8 Å². The van der Waals surface area contributed by atoms with E-state index in [-0.39, 0.29) is 26.8 Å². The fraction of sp³-hybridized carbons (Fsp3) is 0.480. The lowest BCUT2D eigenvalue weighted by Crippen LogP contribution is -2.48. The minimum Gasteiger partial charge on any atom is -0.384 e. The molecule has 0 radical (unpaired) electrons. The maximum absolute atomic E-state index is 16.2. The molecule has 6 heterocycles. The van der Waals surface area contributed by atoms with Crippen molar-refractivity contribution >= 4 is 79.2 Å². The van der Waals surface area contributed by atoms with Gasteiger partial charge in [0.05, 0.1) is 16.1 Å². The van der Waals surface area contributed by atoms with Crippen molar-refractivity contribution in [2.75, 3.05) is 0 Å². The number of thiophene rings is 6. The zero-order valence-electron chi connectivity index (χ0n) is 38.6. The number of hydrogen-bond acceptors (Lipinski definition) is 8. The Balaban J connectivity index is 0.000000472. The van der Waals surface area contributed by atoms with E-state index in [2.05, 4.69) is 13.8 Å². The van der Waals surface area contributed by atoms with Crippen LogP contribution in [0.2, 0.25) is 0 Å². The van der Waals surface area contributed by atoms with Crippen molar-refractivity contribution in [3.63, 3.8) is 0 Å². The van der Waals surface area contributed by atoms with Gasteiger partial charge in [-0.25, -0.2) is 0 Å². The number of hydrogen-bond donors (Lipinski definition) is 2. The fourth-order valence-corrected chi connectivity index (χ4v) is 13.8. The fourth-order valence-electron chi connectivity index (χ4n) is 7.13. The maximum Gasteiger partial charge on any atom is 0.380 e. The summed E-state index contributed by atoms with van der Waals surface area (Å²) in [4.78, 5) is 6.84. The van der Waals surface area contributed by atoms with E-state index >= 15 is 26.3 Å². The minimum atomic E-state index is -5.68. The van der Waals surface area contributed by atoms with Crippen LogP contribution in [-0.2, 0) is 22.0 Å². The van der Waals surface area contributed by atoms with Crippen molar-refractivity contribution in [3.8, 4) is 29.3 Å². The molecule has 0 spiro atoms. The highest BCUT2D eigenvalue weighted by atomic mass is 32.1. The molecule has 0 fully saturated rings. The zero-order chi connectivity index (χ0) is 47.8. The first-order valence-electron chi connectivity index (χ1n) is 21.6. The summed E-state index contributed by atoms with van der Waals surface area (Å²) in [6.45, 7) is 24.2. The van der Waals surface area contributed by atoms with Crippen LogP contribution in [0.15, 0.2) is 71.4 Å². The summed E-state index contributed by atoms with van der Waals surface area (Å²) >= 11 is 7.86. The van der Waals surface area contributed by atoms with E-state index in [1.165, 1.54) is 46.6 Å². The molecule has 6 aromatic heterocycles. The SMILES string of the molecule is CCC.CCC(O)(CC)c1ccc(-c2sc(-c3ccc(C(C)(C)C)s3)cc2C2=C(c3csc(-c4ccc(C(C)(C)C)s4)c3)C(F)(F)C(F)(F)C2(F)F)s1.CCC(O)(CC)c1cccs1. The quantitative estimate of drug-likeness (QED) is 0.127. The molecule has 350 valence electrons. The first-order chi connectivity index (χ1) is 29.7. The van der Waals surface area contributed by atoms with Crippen molar-refractivity contribution in [1.29, 1.82) is 0 Å². The van der Waals surface area contributed by atoms with Gasteiger partial charge in [0.2, 0.25) is 0 Å². The molecular weight excluding hydrogens is 939 g/mol. The summed E-state index contributed by atoms with van der Waals surface area (Å²) in [6, 6.07) is 17.6. The van der Waals surface area contributed by atoms with Crippen molar-refractivity contribution < 1.29 is 36.6 Å². The van der Waals surface area contributed by atoms with Crippen LogP contribution in [0.5, 0.6) is 0 Å². The first-order valence-corrected chi connectivity index (χ1v) is 26.7. The average Bonchev–Trinajstić information content (AvgIpc) is 4.07. The number of alkyl halides is 6. The van der Waals surface area contributed by atoms with Crippen LogP contribution < -0.4 is 0 Å². The van der Waals surface area contributed by atoms with Gasteiger partial charge in [0.25, 0.3) is 0 Å². The third-order valence-electron chi connectivity index (χ3n) is 11.3. The van der Waals surface area contributed by atoms with Gasteiger partial charge < -0.3 is 10.2 Å². The molecule has 1 aliphatic rings. The lowest BCUT2D eigenvalue weighted by Gasteiger charge is -2.25. The normalized spacial score (nSPS) is 16.1. The van der Waals surface area contributed by atoms with E-state index in [1.807, 2.05) is 111 Å². The van der Waals surface area contributed by atoms with E-state index < -0.39 is 40.1 Å². The number of rotatable bonds is 11. The second-order valence-electron chi connectivity index (χ2n) is 18.2. The second kappa shape index (κ2) is 19.6. The first kappa shape index (κ1) is 52.4. The highest BCUT2D eigenvalue weighted by Gasteiger charge is 2.80. The van der Waals surface area contributed by atoms with Crippen molar-refractivity contribution in [2.24, 2.45) is 0 Å². The Morgan fingerprint density at radius 3 is 1.42 bits per heavy atom. The van der Waals surface area contributed by atoms with Crippen LogP contribution >= 0.6 is 68.0 Å². The summed E-state index contributed by atoms with van der Waals surface area (Å²) in [5.41, 5.74) is -5.55. The van der Waals surface area contributed by atoms with Crippen LogP contribution in [0.4, 0.5) is 26.3 Å². The third kappa shape index (κ3) is 10.0. The molecule has 0 saturated heterocycles. The van der Waals surface area contributed by atoms with E-state index in [9.17, 15) is 10.2 Å². The molecule has 0 bridgehead atoms. The van der Waals surface area contributed by atoms with Crippen molar-refractivity contribution in [2.45, 2.75) is 155 Å². The molecule has 2 N–H and O–H groups in total. The number of aliphatic hydroxyl groups is 2. The van der Waals surface area contributed by atoms with Gasteiger partial charge in [0.15, 0.2) is 0 Å². The van der Waals surface area contributed by atoms with Gasteiger partial charge in [-0.05, 0) is 107 Å². The number of allylic oxidation sites excluding steroid dienone is 2. The molecule has 64 heavy (non-hydrogen) atoms. The Bertz CT molecular complexity index is 2490. The molecule has 0 aliphatic heterocycles. The molecule has 0 amide bonds. The van der Waals surface area contributed by atoms with Crippen LogP contribution in [0.3, 0.4) is 0 Å². The predicted molar refractivity (Wildman–Crippen MR) is 267 cm³/mol. The van der Waals surface area contributed by atoms with Crippen molar-refractivity contribution in [1.82, 2.24) is 0 Å². The maximum atomic E-state index is 16.2. The van der Waals surface area contributed by atoms with Gasteiger partial charge in [0, 0.05) is 60.6 Å². The van der Waals surface area contributed by atoms with E-state index in [0.717, 1.165) is 71.2 Å². The predicted octanol–water partition coefficient (Wildman–Crippen LogP) is 18.6. The summed E-state index contributed by atoms with van der Waals surface area (Å²) in [5.74, 6) is -16.0. The summed E-state index contributed by atoms with van der Waals surface area (Å²) in [5, 5.41) is 24.5. The largest absolute Gasteiger partial charge is 0.384 e. The Morgan fingerprint density at radius 1 is 0.500 bits per heavy atom. The monoisotopic (exact) mass is 998 g/mol. The topological polar surface area (TPSA) is 40.5 Å². The molecule has 0 saturated carbocycles.